The fourth-order valence-electron chi connectivity index (χ4n) is 4.71. The Hall–Kier alpha value is -3.78. The van der Waals surface area contributed by atoms with Gasteiger partial charge in [0.1, 0.15) is 5.38 Å². The van der Waals surface area contributed by atoms with Gasteiger partial charge in [0, 0.05) is 36.7 Å². The third-order valence-electron chi connectivity index (χ3n) is 7.06. The summed E-state index contributed by atoms with van der Waals surface area (Å²) in [6, 6.07) is 21.6. The van der Waals surface area contributed by atoms with Crippen LogP contribution in [0.2, 0.25) is 0 Å². The second-order valence-corrected chi connectivity index (χ2v) is 10.4. The van der Waals surface area contributed by atoms with Gasteiger partial charge in [0.25, 0.3) is 0 Å². The van der Waals surface area contributed by atoms with Crippen molar-refractivity contribution in [2.75, 3.05) is 19.6 Å². The molecule has 0 spiro atoms. The van der Waals surface area contributed by atoms with Gasteiger partial charge in [-0.25, -0.2) is 0 Å². The fraction of sp³-hybridized carbons (Fsp3) is 0.312. The van der Waals surface area contributed by atoms with Crippen molar-refractivity contribution in [3.05, 3.63) is 107 Å². The summed E-state index contributed by atoms with van der Waals surface area (Å²) in [5, 5.41) is 0.109. The molecule has 1 aromatic heterocycles. The molecule has 3 aromatic carbocycles. The van der Waals surface area contributed by atoms with E-state index < -0.39 is 17.1 Å². The highest BCUT2D eigenvalue weighted by Gasteiger charge is 2.30. The van der Waals surface area contributed by atoms with E-state index in [2.05, 4.69) is 4.98 Å². The number of carbonyl (C=O) groups excluding carboxylic acids is 2. The van der Waals surface area contributed by atoms with Gasteiger partial charge < -0.3 is 14.8 Å². The molecule has 0 fully saturated rings. The molecule has 0 radical (unpaired) electrons. The number of hydrogen-bond acceptors (Lipinski definition) is 2. The Balaban J connectivity index is 1.55. The second kappa shape index (κ2) is 13.7. The predicted molar refractivity (Wildman–Crippen MR) is 155 cm³/mol. The van der Waals surface area contributed by atoms with Gasteiger partial charge >= 0.3 is 6.18 Å². The monoisotopic (exact) mass is 583 g/mol. The highest BCUT2D eigenvalue weighted by molar-refractivity contribution is 6.30. The largest absolute Gasteiger partial charge is 0.416 e. The number of aromatic nitrogens is 1. The van der Waals surface area contributed by atoms with Crippen LogP contribution in [0.15, 0.2) is 85.1 Å². The Morgan fingerprint density at radius 3 is 2.27 bits per heavy atom. The first-order chi connectivity index (χ1) is 19.7. The number of alkyl halides is 4. The quantitative estimate of drug-likeness (QED) is 0.177. The van der Waals surface area contributed by atoms with E-state index in [0.29, 0.717) is 37.1 Å². The molecule has 4 aromatic rings. The average Bonchev–Trinajstić information content (AvgIpc) is 3.39. The van der Waals surface area contributed by atoms with Gasteiger partial charge in [-0.2, -0.15) is 13.2 Å². The van der Waals surface area contributed by atoms with Crippen molar-refractivity contribution in [1.29, 1.82) is 0 Å². The summed E-state index contributed by atoms with van der Waals surface area (Å²) in [6.07, 6.45) is -0.486. The first-order valence-corrected chi connectivity index (χ1v) is 14.1. The van der Waals surface area contributed by atoms with Crippen molar-refractivity contribution in [1.82, 2.24) is 14.8 Å². The summed E-state index contributed by atoms with van der Waals surface area (Å²) in [7, 11) is 0. The maximum Gasteiger partial charge on any atom is 0.416 e. The minimum absolute atomic E-state index is 0.109. The lowest BCUT2D eigenvalue weighted by Gasteiger charge is -2.29. The molecule has 0 aliphatic rings. The molecule has 9 heteroatoms. The van der Waals surface area contributed by atoms with E-state index >= 15 is 0 Å². The van der Waals surface area contributed by atoms with Gasteiger partial charge in [0.2, 0.25) is 11.8 Å². The lowest BCUT2D eigenvalue weighted by atomic mass is 10.1. The van der Waals surface area contributed by atoms with Crippen LogP contribution < -0.4 is 0 Å². The minimum Gasteiger partial charge on any atom is -0.361 e. The summed E-state index contributed by atoms with van der Waals surface area (Å²) in [5.41, 5.74) is 2.47. The number of benzene rings is 3. The molecule has 0 saturated carbocycles. The van der Waals surface area contributed by atoms with Gasteiger partial charge in [0.15, 0.2) is 0 Å². The number of halogens is 4. The van der Waals surface area contributed by atoms with Gasteiger partial charge in [-0.15, -0.1) is 11.6 Å². The Morgan fingerprint density at radius 1 is 0.902 bits per heavy atom. The van der Waals surface area contributed by atoms with Gasteiger partial charge in [-0.3, -0.25) is 9.59 Å². The van der Waals surface area contributed by atoms with Crippen LogP contribution in [0.4, 0.5) is 13.2 Å². The normalized spacial score (nSPS) is 12.3. The first kappa shape index (κ1) is 30.2. The number of hydrogen-bond donors (Lipinski definition) is 1. The van der Waals surface area contributed by atoms with Crippen molar-refractivity contribution in [3.8, 4) is 0 Å². The lowest BCUT2D eigenvalue weighted by molar-refractivity contribution is -0.140. The van der Waals surface area contributed by atoms with Crippen molar-refractivity contribution in [2.45, 2.75) is 44.3 Å². The molecule has 0 aliphatic heterocycles. The van der Waals surface area contributed by atoms with Crippen LogP contribution in [0.3, 0.4) is 0 Å². The molecular formula is C32H33ClF3N3O2. The van der Waals surface area contributed by atoms with E-state index in [1.54, 1.807) is 29.2 Å². The summed E-state index contributed by atoms with van der Waals surface area (Å²) < 4.78 is 39.3. The van der Waals surface area contributed by atoms with E-state index in [-0.39, 0.29) is 24.9 Å². The molecule has 1 heterocycles. The topological polar surface area (TPSA) is 56.4 Å². The number of para-hydroxylation sites is 1. The standard InChI is InChI=1S/C32H33ClF3N3O2/c1-2-3-18-39(31(41)30(33)24-9-5-4-6-10-24)22-29(40)38(21-23-13-15-26(16-14-23)32(34,35)36)19-17-25-20-37-28-12-8-7-11-27(25)28/h4-16,20,30,37H,2-3,17-19,21-22H2,1H3. The smallest absolute Gasteiger partial charge is 0.361 e. The molecule has 4 rings (SSSR count). The maximum absolute atomic E-state index is 13.7. The third-order valence-corrected chi connectivity index (χ3v) is 7.50. The first-order valence-electron chi connectivity index (χ1n) is 13.6. The Labute approximate surface area is 242 Å². The van der Waals surface area contributed by atoms with E-state index in [4.69, 9.17) is 11.6 Å². The van der Waals surface area contributed by atoms with Gasteiger partial charge in [-0.05, 0) is 47.7 Å². The summed E-state index contributed by atoms with van der Waals surface area (Å²) >= 11 is 6.55. The van der Waals surface area contributed by atoms with Crippen molar-refractivity contribution in [3.63, 3.8) is 0 Å². The number of rotatable bonds is 12. The van der Waals surface area contributed by atoms with Crippen molar-refractivity contribution < 1.29 is 22.8 Å². The number of nitrogens with one attached hydrogen (secondary N) is 1. The molecule has 5 nitrogen and oxygen atoms in total. The number of aromatic amines is 1. The van der Waals surface area contributed by atoms with Crippen LogP contribution >= 0.6 is 11.6 Å². The van der Waals surface area contributed by atoms with Crippen molar-refractivity contribution in [2.24, 2.45) is 0 Å². The second-order valence-electron chi connectivity index (χ2n) is 10.0. The summed E-state index contributed by atoms with van der Waals surface area (Å²) in [5.74, 6) is -0.656. The van der Waals surface area contributed by atoms with E-state index in [1.807, 2.05) is 43.5 Å². The zero-order chi connectivity index (χ0) is 29.4. The molecule has 0 bridgehead atoms. The molecule has 0 aliphatic carbocycles. The van der Waals surface area contributed by atoms with E-state index in [1.165, 1.54) is 17.0 Å². The van der Waals surface area contributed by atoms with E-state index in [0.717, 1.165) is 35.0 Å². The molecule has 1 N–H and O–H groups in total. The Morgan fingerprint density at radius 2 is 1.59 bits per heavy atom. The van der Waals surface area contributed by atoms with Crippen LogP contribution in [0.25, 0.3) is 10.9 Å². The molecule has 216 valence electrons. The number of carbonyl (C=O) groups is 2. The van der Waals surface area contributed by atoms with Crippen LogP contribution in [-0.2, 0) is 28.7 Å². The number of amides is 2. The minimum atomic E-state index is -4.44. The Kier molecular flexibility index (Phi) is 10.1. The average molecular weight is 584 g/mol. The van der Waals surface area contributed by atoms with Gasteiger partial charge in [-0.1, -0.05) is 74.0 Å². The number of unbranched alkanes of at least 4 members (excludes halogenated alkanes) is 1. The summed E-state index contributed by atoms with van der Waals surface area (Å²) in [6.45, 7) is 2.62. The molecule has 1 unspecified atom stereocenters. The van der Waals surface area contributed by atoms with Crippen LogP contribution in [0.1, 0.15) is 47.4 Å². The van der Waals surface area contributed by atoms with Crippen LogP contribution in [0.5, 0.6) is 0 Å². The molecular weight excluding hydrogens is 551 g/mol. The molecule has 41 heavy (non-hydrogen) atoms. The number of nitrogens with zero attached hydrogens (tertiary/aromatic N) is 2. The Bertz CT molecular complexity index is 1440. The van der Waals surface area contributed by atoms with Crippen LogP contribution in [-0.4, -0.2) is 46.2 Å². The molecule has 2 amide bonds. The van der Waals surface area contributed by atoms with Crippen molar-refractivity contribution >= 4 is 34.3 Å². The third kappa shape index (κ3) is 7.91. The molecule has 1 atom stereocenters. The van der Waals surface area contributed by atoms with Crippen LogP contribution in [0, 0.1) is 0 Å². The highest BCUT2D eigenvalue weighted by atomic mass is 35.5. The number of fused-ring (bicyclic) bond motifs is 1. The number of H-pyrrole nitrogens is 1. The fourth-order valence-corrected chi connectivity index (χ4v) is 4.99. The zero-order valence-electron chi connectivity index (χ0n) is 22.8. The SMILES string of the molecule is CCCCN(CC(=O)N(CCc1c[nH]c2ccccc12)Cc1ccc(C(F)(F)F)cc1)C(=O)C(Cl)c1ccccc1. The zero-order valence-corrected chi connectivity index (χ0v) is 23.6. The highest BCUT2D eigenvalue weighted by Crippen LogP contribution is 2.29. The lowest BCUT2D eigenvalue weighted by Crippen LogP contribution is -2.44. The maximum atomic E-state index is 13.7. The van der Waals surface area contributed by atoms with Gasteiger partial charge in [0.05, 0.1) is 12.1 Å². The van der Waals surface area contributed by atoms with E-state index in [9.17, 15) is 22.8 Å². The predicted octanol–water partition coefficient (Wildman–Crippen LogP) is 7.37. The summed E-state index contributed by atoms with van der Waals surface area (Å²) in [4.78, 5) is 33.5. The molecule has 0 saturated heterocycles.